The summed E-state index contributed by atoms with van der Waals surface area (Å²) >= 11 is 0. The van der Waals surface area contributed by atoms with E-state index in [-0.39, 0.29) is 0 Å². The number of aliphatic hydroxyl groups is 1. The van der Waals surface area contributed by atoms with Crippen LogP contribution < -0.4 is 5.32 Å². The molecule has 1 aromatic rings. The lowest BCUT2D eigenvalue weighted by Crippen LogP contribution is -2.27. The van der Waals surface area contributed by atoms with Crippen molar-refractivity contribution >= 4 is 0 Å². The van der Waals surface area contributed by atoms with Gasteiger partial charge in [0.1, 0.15) is 0 Å². The fraction of sp³-hybridized carbons (Fsp3) is 0.786. The maximum absolute atomic E-state index is 9.29. The second-order valence-electron chi connectivity index (χ2n) is 5.31. The van der Waals surface area contributed by atoms with Gasteiger partial charge in [-0.25, -0.2) is 0 Å². The quantitative estimate of drug-likeness (QED) is 0.777. The van der Waals surface area contributed by atoms with Crippen molar-refractivity contribution in [3.63, 3.8) is 0 Å². The number of rotatable bonds is 7. The van der Waals surface area contributed by atoms with E-state index < -0.39 is 0 Å². The van der Waals surface area contributed by atoms with Crippen LogP contribution in [0, 0.1) is 11.8 Å². The van der Waals surface area contributed by atoms with Gasteiger partial charge in [-0.2, -0.15) is 5.10 Å². The molecular formula is C14H25N3O. The standard InChI is InChI=1S/C14H25N3O/c1-2-8-17-14(6-7-16-17)10-15-9-12-4-3-5-13(12)11-18/h6-7,12-13,15,18H,2-5,8-11H2,1H3. The van der Waals surface area contributed by atoms with Crippen molar-refractivity contribution in [2.75, 3.05) is 13.2 Å². The van der Waals surface area contributed by atoms with Crippen LogP contribution in [0.15, 0.2) is 12.3 Å². The van der Waals surface area contributed by atoms with E-state index in [9.17, 15) is 5.11 Å². The smallest absolute Gasteiger partial charge is 0.0522 e. The van der Waals surface area contributed by atoms with E-state index in [0.717, 1.165) is 26.1 Å². The third-order valence-electron chi connectivity index (χ3n) is 4.00. The van der Waals surface area contributed by atoms with Crippen LogP contribution in [-0.2, 0) is 13.1 Å². The largest absolute Gasteiger partial charge is 0.396 e. The molecule has 1 aliphatic rings. The zero-order valence-electron chi connectivity index (χ0n) is 11.3. The lowest BCUT2D eigenvalue weighted by molar-refractivity contribution is 0.192. The first kappa shape index (κ1) is 13.6. The van der Waals surface area contributed by atoms with Crippen molar-refractivity contribution in [1.82, 2.24) is 15.1 Å². The molecule has 2 N–H and O–H groups in total. The van der Waals surface area contributed by atoms with Gasteiger partial charge in [-0.1, -0.05) is 13.3 Å². The van der Waals surface area contributed by atoms with E-state index >= 15 is 0 Å². The zero-order chi connectivity index (χ0) is 12.8. The molecular weight excluding hydrogens is 226 g/mol. The van der Waals surface area contributed by atoms with Crippen molar-refractivity contribution in [3.05, 3.63) is 18.0 Å². The molecule has 0 aromatic carbocycles. The summed E-state index contributed by atoms with van der Waals surface area (Å²) in [5, 5.41) is 17.1. The average molecular weight is 251 g/mol. The maximum Gasteiger partial charge on any atom is 0.0522 e. The molecule has 0 amide bonds. The highest BCUT2D eigenvalue weighted by molar-refractivity contribution is 5.00. The van der Waals surface area contributed by atoms with Gasteiger partial charge in [0.25, 0.3) is 0 Å². The van der Waals surface area contributed by atoms with Gasteiger partial charge in [0.05, 0.1) is 5.69 Å². The molecule has 102 valence electrons. The molecule has 0 aliphatic heterocycles. The molecule has 2 rings (SSSR count). The third kappa shape index (κ3) is 3.33. The Kier molecular flexibility index (Phi) is 5.20. The number of nitrogens with zero attached hydrogens (tertiary/aromatic N) is 2. The highest BCUT2D eigenvalue weighted by Crippen LogP contribution is 2.30. The van der Waals surface area contributed by atoms with E-state index in [1.807, 2.05) is 6.20 Å². The lowest BCUT2D eigenvalue weighted by atomic mass is 9.97. The normalized spacial score (nSPS) is 23.7. The molecule has 0 radical (unpaired) electrons. The summed E-state index contributed by atoms with van der Waals surface area (Å²) in [7, 11) is 0. The topological polar surface area (TPSA) is 50.1 Å². The van der Waals surface area contributed by atoms with Gasteiger partial charge in [0.2, 0.25) is 0 Å². The molecule has 1 aromatic heterocycles. The second kappa shape index (κ2) is 6.90. The van der Waals surface area contributed by atoms with Gasteiger partial charge >= 0.3 is 0 Å². The molecule has 4 nitrogen and oxygen atoms in total. The Hall–Kier alpha value is -0.870. The minimum Gasteiger partial charge on any atom is -0.396 e. The molecule has 2 atom stereocenters. The Morgan fingerprint density at radius 1 is 1.44 bits per heavy atom. The fourth-order valence-corrected chi connectivity index (χ4v) is 2.93. The van der Waals surface area contributed by atoms with Gasteiger partial charge in [-0.15, -0.1) is 0 Å². The minimum absolute atomic E-state index is 0.347. The Balaban J connectivity index is 1.76. The molecule has 1 aliphatic carbocycles. The van der Waals surface area contributed by atoms with Gasteiger partial charge in [0, 0.05) is 25.9 Å². The summed E-state index contributed by atoms with van der Waals surface area (Å²) in [6, 6.07) is 2.08. The summed E-state index contributed by atoms with van der Waals surface area (Å²) in [5.74, 6) is 1.16. The van der Waals surface area contributed by atoms with E-state index in [1.54, 1.807) is 0 Å². The van der Waals surface area contributed by atoms with E-state index in [2.05, 4.69) is 28.1 Å². The number of hydrogen-bond donors (Lipinski definition) is 2. The SMILES string of the molecule is CCCn1nccc1CNCC1CCCC1CO. The van der Waals surface area contributed by atoms with Crippen LogP contribution in [-0.4, -0.2) is 28.0 Å². The minimum atomic E-state index is 0.347. The van der Waals surface area contributed by atoms with Crippen molar-refractivity contribution in [2.24, 2.45) is 11.8 Å². The summed E-state index contributed by atoms with van der Waals surface area (Å²) in [6.45, 7) is 5.41. The molecule has 4 heteroatoms. The predicted octanol–water partition coefficient (Wildman–Crippen LogP) is 1.79. The van der Waals surface area contributed by atoms with E-state index in [0.29, 0.717) is 18.4 Å². The number of hydrogen-bond acceptors (Lipinski definition) is 3. The zero-order valence-corrected chi connectivity index (χ0v) is 11.3. The fourth-order valence-electron chi connectivity index (χ4n) is 2.93. The summed E-state index contributed by atoms with van der Waals surface area (Å²) in [5.41, 5.74) is 1.26. The first-order chi connectivity index (χ1) is 8.85. The van der Waals surface area contributed by atoms with E-state index in [4.69, 9.17) is 0 Å². The van der Waals surface area contributed by atoms with Crippen LogP contribution in [0.3, 0.4) is 0 Å². The summed E-state index contributed by atoms with van der Waals surface area (Å²) in [4.78, 5) is 0. The first-order valence-corrected chi connectivity index (χ1v) is 7.17. The molecule has 1 fully saturated rings. The van der Waals surface area contributed by atoms with Crippen molar-refractivity contribution < 1.29 is 5.11 Å². The monoisotopic (exact) mass is 251 g/mol. The van der Waals surface area contributed by atoms with Gasteiger partial charge in [-0.05, 0) is 43.7 Å². The molecule has 2 unspecified atom stereocenters. The van der Waals surface area contributed by atoms with Crippen molar-refractivity contribution in [3.8, 4) is 0 Å². The Morgan fingerprint density at radius 2 is 2.28 bits per heavy atom. The van der Waals surface area contributed by atoms with E-state index in [1.165, 1.54) is 25.0 Å². The Labute approximate surface area is 109 Å². The highest BCUT2D eigenvalue weighted by Gasteiger charge is 2.25. The van der Waals surface area contributed by atoms with Crippen LogP contribution in [0.5, 0.6) is 0 Å². The Morgan fingerprint density at radius 3 is 3.06 bits per heavy atom. The summed E-state index contributed by atoms with van der Waals surface area (Å²) < 4.78 is 2.07. The van der Waals surface area contributed by atoms with Crippen LogP contribution in [0.25, 0.3) is 0 Å². The number of aromatic nitrogens is 2. The Bertz CT molecular complexity index is 351. The molecule has 18 heavy (non-hydrogen) atoms. The van der Waals surface area contributed by atoms with Crippen LogP contribution in [0.1, 0.15) is 38.3 Å². The number of nitrogens with one attached hydrogen (secondary N) is 1. The lowest BCUT2D eigenvalue weighted by Gasteiger charge is -2.18. The second-order valence-corrected chi connectivity index (χ2v) is 5.31. The first-order valence-electron chi connectivity index (χ1n) is 7.17. The van der Waals surface area contributed by atoms with Crippen LogP contribution >= 0.6 is 0 Å². The molecule has 1 saturated carbocycles. The molecule has 1 heterocycles. The molecule has 0 spiro atoms. The van der Waals surface area contributed by atoms with Gasteiger partial charge < -0.3 is 10.4 Å². The molecule has 0 saturated heterocycles. The van der Waals surface area contributed by atoms with Crippen molar-refractivity contribution in [1.29, 1.82) is 0 Å². The molecule has 0 bridgehead atoms. The average Bonchev–Trinajstić information content (AvgIpc) is 2.99. The van der Waals surface area contributed by atoms with Gasteiger partial charge in [0.15, 0.2) is 0 Å². The maximum atomic E-state index is 9.29. The van der Waals surface area contributed by atoms with Crippen LogP contribution in [0.2, 0.25) is 0 Å². The third-order valence-corrected chi connectivity index (χ3v) is 4.00. The number of aliphatic hydroxyl groups excluding tert-OH is 1. The number of aryl methyl sites for hydroxylation is 1. The van der Waals surface area contributed by atoms with Gasteiger partial charge in [-0.3, -0.25) is 4.68 Å². The highest BCUT2D eigenvalue weighted by atomic mass is 16.3. The predicted molar refractivity (Wildman–Crippen MR) is 72.1 cm³/mol. The van der Waals surface area contributed by atoms with Crippen LogP contribution in [0.4, 0.5) is 0 Å². The van der Waals surface area contributed by atoms with Crippen molar-refractivity contribution in [2.45, 2.75) is 45.7 Å². The summed E-state index contributed by atoms with van der Waals surface area (Å²) in [6.07, 6.45) is 6.71.